The Morgan fingerprint density at radius 2 is 1.62 bits per heavy atom. The lowest BCUT2D eigenvalue weighted by molar-refractivity contribution is -0.00434. The zero-order valence-corrected chi connectivity index (χ0v) is 20.8. The van der Waals surface area contributed by atoms with E-state index in [4.69, 9.17) is 4.74 Å². The first-order valence-electron chi connectivity index (χ1n) is 11.7. The number of rotatable bonds is 3. The van der Waals surface area contributed by atoms with E-state index in [2.05, 4.69) is 40.7 Å². The van der Waals surface area contributed by atoms with Crippen molar-refractivity contribution in [3.8, 4) is 5.75 Å². The van der Waals surface area contributed by atoms with Gasteiger partial charge in [0.25, 0.3) is 0 Å². The van der Waals surface area contributed by atoms with E-state index in [1.54, 1.807) is 7.11 Å². The number of aliphatic hydroxyl groups excluding tert-OH is 1. The summed E-state index contributed by atoms with van der Waals surface area (Å²) in [5, 5.41) is 11.4. The standard InChI is InChI=1S/C23H34O2.2C2H6/c1-15-12-17(14-18(13-15)25-6)21(24)20-16(2)8-9-19-22(3,4)10-7-11-23(19,20)5;2*1-2/h12-14,19,21,24H,7-11H2,1-6H3;2*1-2H3. The minimum absolute atomic E-state index is 0.0977. The number of hydrogen-bond acceptors (Lipinski definition) is 2. The Balaban J connectivity index is 0.000000989. The van der Waals surface area contributed by atoms with Crippen molar-refractivity contribution in [2.75, 3.05) is 7.11 Å². The summed E-state index contributed by atoms with van der Waals surface area (Å²) in [5.74, 6) is 1.47. The van der Waals surface area contributed by atoms with Crippen molar-refractivity contribution in [1.82, 2.24) is 0 Å². The zero-order valence-electron chi connectivity index (χ0n) is 20.8. The van der Waals surface area contributed by atoms with Crippen LogP contribution in [0.4, 0.5) is 0 Å². The Hall–Kier alpha value is -1.28. The number of benzene rings is 1. The summed E-state index contributed by atoms with van der Waals surface area (Å²) in [4.78, 5) is 0. The highest BCUT2D eigenvalue weighted by Gasteiger charge is 2.51. The smallest absolute Gasteiger partial charge is 0.119 e. The molecule has 0 bridgehead atoms. The van der Waals surface area contributed by atoms with Crippen LogP contribution in [0.3, 0.4) is 0 Å². The maximum Gasteiger partial charge on any atom is 0.119 e. The van der Waals surface area contributed by atoms with Gasteiger partial charge < -0.3 is 9.84 Å². The fraction of sp³-hybridized carbons (Fsp3) is 0.704. The van der Waals surface area contributed by atoms with E-state index in [9.17, 15) is 5.11 Å². The molecule has 3 atom stereocenters. The molecule has 0 aromatic heterocycles. The molecule has 29 heavy (non-hydrogen) atoms. The monoisotopic (exact) mass is 402 g/mol. The molecule has 2 aliphatic carbocycles. The van der Waals surface area contributed by atoms with E-state index >= 15 is 0 Å². The molecule has 166 valence electrons. The number of allylic oxidation sites excluding steroid dienone is 1. The van der Waals surface area contributed by atoms with Crippen LogP contribution in [0.15, 0.2) is 29.3 Å². The number of aliphatic hydroxyl groups is 1. The number of methoxy groups -OCH3 is 1. The van der Waals surface area contributed by atoms with Crippen molar-refractivity contribution in [1.29, 1.82) is 0 Å². The third kappa shape index (κ3) is 5.26. The molecule has 0 radical (unpaired) electrons. The number of ether oxygens (including phenoxy) is 1. The minimum atomic E-state index is -0.532. The van der Waals surface area contributed by atoms with Crippen molar-refractivity contribution < 1.29 is 9.84 Å². The van der Waals surface area contributed by atoms with Gasteiger partial charge in [-0.2, -0.15) is 0 Å². The van der Waals surface area contributed by atoms with Gasteiger partial charge in [0.15, 0.2) is 0 Å². The van der Waals surface area contributed by atoms with Gasteiger partial charge in [-0.3, -0.25) is 0 Å². The van der Waals surface area contributed by atoms with Gasteiger partial charge in [-0.25, -0.2) is 0 Å². The summed E-state index contributed by atoms with van der Waals surface area (Å²) >= 11 is 0. The molecular formula is C27H46O2. The van der Waals surface area contributed by atoms with Crippen LogP contribution in [0.25, 0.3) is 0 Å². The third-order valence-corrected chi connectivity index (χ3v) is 7.01. The van der Waals surface area contributed by atoms with Crippen molar-refractivity contribution in [2.24, 2.45) is 16.7 Å². The maximum absolute atomic E-state index is 11.4. The zero-order chi connectivity index (χ0) is 22.4. The van der Waals surface area contributed by atoms with Gasteiger partial charge in [0, 0.05) is 0 Å². The summed E-state index contributed by atoms with van der Waals surface area (Å²) in [5.41, 5.74) is 5.22. The van der Waals surface area contributed by atoms with Gasteiger partial charge in [-0.1, -0.05) is 66.5 Å². The van der Waals surface area contributed by atoms with Crippen molar-refractivity contribution in [3.05, 3.63) is 40.5 Å². The number of fused-ring (bicyclic) bond motifs is 1. The van der Waals surface area contributed by atoms with E-state index in [0.29, 0.717) is 11.3 Å². The predicted octanol–water partition coefficient (Wildman–Crippen LogP) is 8.03. The maximum atomic E-state index is 11.4. The van der Waals surface area contributed by atoms with Crippen LogP contribution in [0.5, 0.6) is 5.75 Å². The molecule has 1 aromatic rings. The molecule has 1 fully saturated rings. The van der Waals surface area contributed by atoms with E-state index in [-0.39, 0.29) is 5.41 Å². The topological polar surface area (TPSA) is 29.5 Å². The Kier molecular flexibility index (Phi) is 9.47. The summed E-state index contributed by atoms with van der Waals surface area (Å²) in [6.45, 7) is 19.6. The van der Waals surface area contributed by atoms with Crippen LogP contribution >= 0.6 is 0 Å². The number of hydrogen-bond donors (Lipinski definition) is 1. The molecule has 0 aliphatic heterocycles. The van der Waals surface area contributed by atoms with E-state index in [1.807, 2.05) is 39.8 Å². The minimum Gasteiger partial charge on any atom is -0.497 e. The molecule has 1 aromatic carbocycles. The largest absolute Gasteiger partial charge is 0.497 e. The molecule has 2 nitrogen and oxygen atoms in total. The van der Waals surface area contributed by atoms with E-state index in [1.165, 1.54) is 36.8 Å². The van der Waals surface area contributed by atoms with Gasteiger partial charge in [0.2, 0.25) is 0 Å². The predicted molar refractivity (Wildman–Crippen MR) is 127 cm³/mol. The highest BCUT2D eigenvalue weighted by molar-refractivity contribution is 5.41. The highest BCUT2D eigenvalue weighted by atomic mass is 16.5. The van der Waals surface area contributed by atoms with E-state index in [0.717, 1.165) is 23.3 Å². The summed E-state index contributed by atoms with van der Waals surface area (Å²) in [7, 11) is 1.69. The Morgan fingerprint density at radius 3 is 2.21 bits per heavy atom. The lowest BCUT2D eigenvalue weighted by Gasteiger charge is -2.56. The first-order chi connectivity index (χ1) is 13.7. The molecular weight excluding hydrogens is 356 g/mol. The van der Waals surface area contributed by atoms with Crippen LogP contribution in [-0.2, 0) is 0 Å². The van der Waals surface area contributed by atoms with Gasteiger partial charge >= 0.3 is 0 Å². The summed E-state index contributed by atoms with van der Waals surface area (Å²) < 4.78 is 5.44. The Bertz CT molecular complexity index is 686. The van der Waals surface area contributed by atoms with Gasteiger partial charge in [-0.15, -0.1) is 0 Å². The second kappa shape index (κ2) is 10.7. The second-order valence-electron chi connectivity index (χ2n) is 9.23. The fourth-order valence-electron chi connectivity index (χ4n) is 5.90. The first-order valence-corrected chi connectivity index (χ1v) is 11.7. The molecule has 2 heteroatoms. The molecule has 2 aliphatic rings. The highest BCUT2D eigenvalue weighted by Crippen LogP contribution is 2.61. The van der Waals surface area contributed by atoms with Gasteiger partial charge in [0.05, 0.1) is 7.11 Å². The Morgan fingerprint density at radius 1 is 1.00 bits per heavy atom. The fourth-order valence-corrected chi connectivity index (χ4v) is 5.90. The van der Waals surface area contributed by atoms with Crippen molar-refractivity contribution >= 4 is 0 Å². The SMILES string of the molecule is CC.CC.COc1cc(C)cc(C(O)C2=C(C)CCC3C(C)(C)CCCC23C)c1. The molecule has 3 unspecified atom stereocenters. The molecule has 1 N–H and O–H groups in total. The summed E-state index contributed by atoms with van der Waals surface area (Å²) in [6, 6.07) is 6.12. The first kappa shape index (κ1) is 25.8. The van der Waals surface area contributed by atoms with Crippen LogP contribution in [0.2, 0.25) is 0 Å². The molecule has 0 amide bonds. The summed E-state index contributed by atoms with van der Waals surface area (Å²) in [6.07, 6.45) is 5.57. The normalized spacial score (nSPS) is 26.2. The number of aryl methyl sites for hydroxylation is 1. The van der Waals surface area contributed by atoms with Gasteiger partial charge in [-0.05, 0) is 85.1 Å². The second-order valence-corrected chi connectivity index (χ2v) is 9.23. The molecule has 0 spiro atoms. The lowest BCUT2D eigenvalue weighted by atomic mass is 9.49. The van der Waals surface area contributed by atoms with Crippen molar-refractivity contribution in [2.45, 2.75) is 101 Å². The molecule has 3 rings (SSSR count). The Labute approximate surface area is 180 Å². The quantitative estimate of drug-likeness (QED) is 0.518. The molecule has 0 saturated heterocycles. The van der Waals surface area contributed by atoms with Crippen LogP contribution in [0, 0.1) is 23.7 Å². The van der Waals surface area contributed by atoms with E-state index < -0.39 is 6.10 Å². The van der Waals surface area contributed by atoms with Gasteiger partial charge in [0.1, 0.15) is 11.9 Å². The van der Waals surface area contributed by atoms with Crippen LogP contribution in [-0.4, -0.2) is 12.2 Å². The molecule has 0 heterocycles. The van der Waals surface area contributed by atoms with Crippen LogP contribution in [0.1, 0.15) is 105 Å². The average Bonchev–Trinajstić information content (AvgIpc) is 2.69. The lowest BCUT2D eigenvalue weighted by Crippen LogP contribution is -2.46. The average molecular weight is 403 g/mol. The third-order valence-electron chi connectivity index (χ3n) is 7.01. The van der Waals surface area contributed by atoms with Crippen LogP contribution < -0.4 is 4.74 Å². The van der Waals surface area contributed by atoms with Crippen molar-refractivity contribution in [3.63, 3.8) is 0 Å². The molecule has 1 saturated carbocycles.